The fourth-order valence-corrected chi connectivity index (χ4v) is 3.33. The van der Waals surface area contributed by atoms with Crippen LogP contribution in [0.5, 0.6) is 0 Å². The van der Waals surface area contributed by atoms with Crippen molar-refractivity contribution in [1.29, 1.82) is 0 Å². The van der Waals surface area contributed by atoms with Gasteiger partial charge in [0.2, 0.25) is 5.91 Å². The second-order valence-corrected chi connectivity index (χ2v) is 5.99. The molecule has 1 aromatic carbocycles. The predicted octanol–water partition coefficient (Wildman–Crippen LogP) is 1.19. The zero-order valence-electron chi connectivity index (χ0n) is 11.6. The van der Waals surface area contributed by atoms with Gasteiger partial charge < -0.3 is 5.32 Å². The number of carbonyl (C=O) groups excluding carboxylic acids is 4. The zero-order chi connectivity index (χ0) is 16.0. The van der Waals surface area contributed by atoms with Crippen molar-refractivity contribution < 1.29 is 19.2 Å². The Morgan fingerprint density at radius 2 is 1.91 bits per heavy atom. The van der Waals surface area contributed by atoms with Crippen molar-refractivity contribution in [3.8, 4) is 0 Å². The van der Waals surface area contributed by atoms with Crippen LogP contribution in [0, 0.1) is 0 Å². The maximum absolute atomic E-state index is 12.6. The first-order chi connectivity index (χ1) is 10.5. The van der Waals surface area contributed by atoms with Gasteiger partial charge in [0.05, 0.1) is 34.0 Å². The van der Waals surface area contributed by atoms with Crippen LogP contribution in [0.2, 0.25) is 0 Å². The summed E-state index contributed by atoms with van der Waals surface area (Å²) in [5.74, 6) is -1.83. The molecule has 1 saturated heterocycles. The van der Waals surface area contributed by atoms with Crippen LogP contribution in [0.1, 0.15) is 33.6 Å². The van der Waals surface area contributed by atoms with Gasteiger partial charge in [-0.2, -0.15) is 0 Å². The minimum atomic E-state index is -0.924. The summed E-state index contributed by atoms with van der Waals surface area (Å²) in [6.07, 6.45) is 0.295. The van der Waals surface area contributed by atoms with E-state index in [9.17, 15) is 19.2 Å². The van der Waals surface area contributed by atoms with E-state index in [1.165, 1.54) is 0 Å². The topological polar surface area (TPSA) is 86.8 Å². The van der Waals surface area contributed by atoms with E-state index in [0.29, 0.717) is 5.69 Å². The van der Waals surface area contributed by atoms with Crippen LogP contribution in [0.15, 0.2) is 18.2 Å². The van der Waals surface area contributed by atoms with E-state index in [1.807, 2.05) is 0 Å². The van der Waals surface area contributed by atoms with Crippen LogP contribution < -0.4 is 5.32 Å². The monoisotopic (exact) mass is 413 g/mol. The number of nitrogens with zero attached hydrogens (tertiary/aromatic N) is 2. The van der Waals surface area contributed by atoms with Gasteiger partial charge in [-0.15, -0.1) is 0 Å². The highest BCUT2D eigenvalue weighted by Gasteiger charge is 2.47. The molecule has 0 bridgehead atoms. The van der Waals surface area contributed by atoms with E-state index < -0.39 is 23.8 Å². The van der Waals surface area contributed by atoms with Crippen molar-refractivity contribution in [2.45, 2.75) is 18.9 Å². The molecule has 2 aliphatic heterocycles. The average Bonchev–Trinajstić information content (AvgIpc) is 2.77. The standard InChI is InChI=1S/C14H12IN3O4/c1-16-8-4-2-3-7-11(8)14(22)17(12(7)20)9-5-6-10(19)18(15)13(9)21/h2-4,9,16H,5-6H2,1H3. The molecule has 22 heavy (non-hydrogen) atoms. The molecule has 1 N–H and O–H groups in total. The smallest absolute Gasteiger partial charge is 0.264 e. The Labute approximate surface area is 140 Å². The van der Waals surface area contributed by atoms with E-state index in [4.69, 9.17) is 0 Å². The summed E-state index contributed by atoms with van der Waals surface area (Å²) in [4.78, 5) is 49.9. The van der Waals surface area contributed by atoms with Gasteiger partial charge in [0.15, 0.2) is 0 Å². The number of carbonyl (C=O) groups is 4. The summed E-state index contributed by atoms with van der Waals surface area (Å²) in [6.45, 7) is 0. The third-order valence-electron chi connectivity index (χ3n) is 3.86. The van der Waals surface area contributed by atoms with Crippen LogP contribution in [0.3, 0.4) is 0 Å². The van der Waals surface area contributed by atoms with Crippen LogP contribution >= 0.6 is 22.9 Å². The number of nitrogens with one attached hydrogen (secondary N) is 1. The molecule has 0 aromatic heterocycles. The molecular weight excluding hydrogens is 401 g/mol. The van der Waals surface area contributed by atoms with Gasteiger partial charge in [0.1, 0.15) is 6.04 Å². The quantitative estimate of drug-likeness (QED) is 0.447. The fourth-order valence-electron chi connectivity index (χ4n) is 2.77. The Morgan fingerprint density at radius 1 is 1.18 bits per heavy atom. The van der Waals surface area contributed by atoms with Crippen molar-refractivity contribution in [2.24, 2.45) is 0 Å². The second-order valence-electron chi connectivity index (χ2n) is 5.03. The molecule has 1 atom stereocenters. The van der Waals surface area contributed by atoms with Crippen LogP contribution in [0.25, 0.3) is 0 Å². The molecule has 7 nitrogen and oxygen atoms in total. The highest BCUT2D eigenvalue weighted by molar-refractivity contribution is 14.1. The van der Waals surface area contributed by atoms with Gasteiger partial charge in [0.25, 0.3) is 17.7 Å². The van der Waals surface area contributed by atoms with Gasteiger partial charge in [-0.3, -0.25) is 24.1 Å². The largest absolute Gasteiger partial charge is 0.387 e. The van der Waals surface area contributed by atoms with Crippen LogP contribution in [-0.2, 0) is 9.59 Å². The number of benzene rings is 1. The number of rotatable bonds is 2. The van der Waals surface area contributed by atoms with Crippen molar-refractivity contribution >= 4 is 52.2 Å². The molecule has 8 heteroatoms. The molecule has 0 radical (unpaired) electrons. The van der Waals surface area contributed by atoms with E-state index in [-0.39, 0.29) is 29.9 Å². The number of fused-ring (bicyclic) bond motifs is 1. The van der Waals surface area contributed by atoms with Crippen molar-refractivity contribution in [3.63, 3.8) is 0 Å². The van der Waals surface area contributed by atoms with Gasteiger partial charge in [-0.25, -0.2) is 3.11 Å². The molecule has 2 heterocycles. The highest BCUT2D eigenvalue weighted by atomic mass is 127. The molecule has 4 amide bonds. The van der Waals surface area contributed by atoms with Crippen molar-refractivity contribution in [3.05, 3.63) is 29.3 Å². The molecule has 0 spiro atoms. The maximum atomic E-state index is 12.6. The molecule has 1 fully saturated rings. The predicted molar refractivity (Wildman–Crippen MR) is 85.4 cm³/mol. The molecule has 114 valence electrons. The van der Waals surface area contributed by atoms with E-state index in [2.05, 4.69) is 5.32 Å². The third-order valence-corrected chi connectivity index (χ3v) is 4.87. The lowest BCUT2D eigenvalue weighted by Crippen LogP contribution is -2.53. The highest BCUT2D eigenvalue weighted by Crippen LogP contribution is 2.33. The molecule has 1 aromatic rings. The van der Waals surface area contributed by atoms with Gasteiger partial charge in [-0.1, -0.05) is 6.07 Å². The summed E-state index contributed by atoms with van der Waals surface area (Å²) in [5, 5.41) is 2.88. The van der Waals surface area contributed by atoms with Gasteiger partial charge in [-0.05, 0) is 18.6 Å². The lowest BCUT2D eigenvalue weighted by Gasteiger charge is -2.31. The number of hydrogen-bond donors (Lipinski definition) is 1. The number of halogens is 1. The summed E-state index contributed by atoms with van der Waals surface area (Å²) < 4.78 is 0.953. The Hall–Kier alpha value is -1.97. The van der Waals surface area contributed by atoms with E-state index >= 15 is 0 Å². The molecule has 0 saturated carbocycles. The average molecular weight is 413 g/mol. The fraction of sp³-hybridized carbons (Fsp3) is 0.286. The minimum Gasteiger partial charge on any atom is -0.387 e. The Balaban J connectivity index is 2.01. The molecule has 1 unspecified atom stereocenters. The summed E-state index contributed by atoms with van der Waals surface area (Å²) >= 11 is 1.61. The summed E-state index contributed by atoms with van der Waals surface area (Å²) in [7, 11) is 1.66. The minimum absolute atomic E-state index is 0.131. The van der Waals surface area contributed by atoms with Gasteiger partial charge in [0, 0.05) is 19.2 Å². The maximum Gasteiger partial charge on any atom is 0.264 e. The third kappa shape index (κ3) is 2.01. The first-order valence-electron chi connectivity index (χ1n) is 6.68. The normalized spacial score (nSPS) is 21.5. The molecule has 3 rings (SSSR count). The van der Waals surface area contributed by atoms with Crippen molar-refractivity contribution in [1.82, 2.24) is 8.01 Å². The number of anilines is 1. The summed E-state index contributed by atoms with van der Waals surface area (Å²) in [6, 6.07) is 4.02. The number of hydrogen-bond acceptors (Lipinski definition) is 5. The lowest BCUT2D eigenvalue weighted by atomic mass is 10.0. The zero-order valence-corrected chi connectivity index (χ0v) is 13.8. The van der Waals surface area contributed by atoms with Crippen molar-refractivity contribution in [2.75, 3.05) is 12.4 Å². The molecule has 0 aliphatic carbocycles. The second kappa shape index (κ2) is 5.34. The molecular formula is C14H12IN3O4. The lowest BCUT2D eigenvalue weighted by molar-refractivity contribution is -0.142. The van der Waals surface area contributed by atoms with Gasteiger partial charge >= 0.3 is 0 Å². The van der Waals surface area contributed by atoms with E-state index in [0.717, 1.165) is 8.01 Å². The Kier molecular flexibility index (Phi) is 3.63. The number of piperidine rings is 1. The number of imide groups is 2. The van der Waals surface area contributed by atoms with E-state index in [1.54, 1.807) is 48.1 Å². The van der Waals surface area contributed by atoms with Crippen LogP contribution in [0.4, 0.5) is 5.69 Å². The first kappa shape index (κ1) is 14.9. The Bertz CT molecular complexity index is 718. The number of amides is 4. The summed E-state index contributed by atoms with van der Waals surface area (Å²) in [5.41, 5.74) is 1.10. The van der Waals surface area contributed by atoms with Crippen LogP contribution in [-0.4, -0.2) is 44.7 Å². The Morgan fingerprint density at radius 3 is 2.59 bits per heavy atom. The SMILES string of the molecule is CNc1cccc2c1C(=O)N(C1CCC(=O)N(I)C1=O)C2=O. The molecule has 2 aliphatic rings. The first-order valence-corrected chi connectivity index (χ1v) is 7.65.